The quantitative estimate of drug-likeness (QED) is 0.616. The number of carbonyl (C=O) groups is 1. The molecule has 0 atom stereocenters. The van der Waals surface area contributed by atoms with Crippen molar-refractivity contribution in [2.24, 2.45) is 5.73 Å². The summed E-state index contributed by atoms with van der Waals surface area (Å²) in [6.07, 6.45) is 4.94. The van der Waals surface area contributed by atoms with Crippen LogP contribution in [0.1, 0.15) is 32.8 Å². The van der Waals surface area contributed by atoms with Gasteiger partial charge in [0.2, 0.25) is 5.91 Å². The van der Waals surface area contributed by atoms with Gasteiger partial charge in [-0.25, -0.2) is 4.98 Å². The Morgan fingerprint density at radius 1 is 1.38 bits per heavy atom. The summed E-state index contributed by atoms with van der Waals surface area (Å²) in [5, 5.41) is 1.23. The molecule has 0 aliphatic heterocycles. The topological polar surface area (TPSA) is 70.1 Å². The van der Waals surface area contributed by atoms with Crippen LogP contribution in [-0.2, 0) is 22.2 Å². The van der Waals surface area contributed by atoms with Crippen LogP contribution in [0, 0.1) is 0 Å². The lowest BCUT2D eigenvalue weighted by molar-refractivity contribution is -0.117. The van der Waals surface area contributed by atoms with Crippen LogP contribution < -0.4 is 5.73 Å². The normalized spacial score (nSPS) is 12.7. The molecule has 1 amide bonds. The highest BCUT2D eigenvalue weighted by atomic mass is 28.4. The Morgan fingerprint density at radius 2 is 2.08 bits per heavy atom. The minimum Gasteiger partial charge on any atom is -0.417 e. The highest BCUT2D eigenvalue weighted by molar-refractivity contribution is 6.74. The van der Waals surface area contributed by atoms with Crippen LogP contribution in [0.2, 0.25) is 18.1 Å². The fourth-order valence-corrected chi connectivity index (χ4v) is 3.56. The van der Waals surface area contributed by atoms with Gasteiger partial charge in [-0.05, 0) is 42.2 Å². The zero-order valence-corrected chi connectivity index (χ0v) is 16.4. The number of carbonyl (C=O) groups excluding carboxylic acids is 1. The van der Waals surface area contributed by atoms with Crippen LogP contribution in [0.4, 0.5) is 0 Å². The fraction of sp³-hybridized carbons (Fsp3) is 0.556. The van der Waals surface area contributed by atoms with Gasteiger partial charge in [0.05, 0.1) is 6.42 Å². The molecule has 0 aliphatic carbocycles. The van der Waals surface area contributed by atoms with Gasteiger partial charge >= 0.3 is 0 Å². The van der Waals surface area contributed by atoms with E-state index in [1.54, 1.807) is 6.20 Å². The van der Waals surface area contributed by atoms with E-state index in [0.717, 1.165) is 36.2 Å². The van der Waals surface area contributed by atoms with Gasteiger partial charge < -0.3 is 14.7 Å². The van der Waals surface area contributed by atoms with Crippen LogP contribution >= 0.6 is 0 Å². The van der Waals surface area contributed by atoms with E-state index in [1.165, 1.54) is 0 Å². The van der Waals surface area contributed by atoms with Crippen molar-refractivity contribution < 1.29 is 9.22 Å². The molecule has 6 heteroatoms. The molecule has 0 aromatic carbocycles. The Kier molecular flexibility index (Phi) is 5.50. The van der Waals surface area contributed by atoms with Crippen LogP contribution in [0.15, 0.2) is 24.5 Å². The van der Waals surface area contributed by atoms with Crippen LogP contribution in [0.3, 0.4) is 0 Å². The molecule has 0 aliphatic rings. The predicted octanol–water partition coefficient (Wildman–Crippen LogP) is 3.48. The lowest BCUT2D eigenvalue weighted by atomic mass is 10.1. The Hall–Kier alpha value is -1.66. The van der Waals surface area contributed by atoms with E-state index < -0.39 is 8.32 Å². The molecule has 0 bridgehead atoms. The SMILES string of the molecule is CC(C)(C)[Si](C)(C)OCCCn1cc(CC(N)=O)c2cccnc21. The lowest BCUT2D eigenvalue weighted by Gasteiger charge is -2.36. The minimum atomic E-state index is -1.70. The van der Waals surface area contributed by atoms with E-state index in [4.69, 9.17) is 10.2 Å². The third-order valence-corrected chi connectivity index (χ3v) is 9.43. The predicted molar refractivity (Wildman–Crippen MR) is 100 cm³/mol. The molecule has 2 aromatic rings. The fourth-order valence-electron chi connectivity index (χ4n) is 2.47. The first-order valence-electron chi connectivity index (χ1n) is 8.47. The maximum atomic E-state index is 11.3. The van der Waals surface area contributed by atoms with E-state index in [2.05, 4.69) is 43.4 Å². The zero-order chi connectivity index (χ0) is 18.0. The first kappa shape index (κ1) is 18.7. The van der Waals surface area contributed by atoms with Crippen molar-refractivity contribution in [3.8, 4) is 0 Å². The first-order chi connectivity index (χ1) is 11.1. The molecule has 0 fully saturated rings. The molecule has 132 valence electrons. The molecule has 2 heterocycles. The Labute approximate surface area is 145 Å². The van der Waals surface area contributed by atoms with Crippen molar-refractivity contribution in [2.45, 2.75) is 58.3 Å². The summed E-state index contributed by atoms with van der Waals surface area (Å²) in [4.78, 5) is 15.7. The van der Waals surface area contributed by atoms with Gasteiger partial charge in [-0.2, -0.15) is 0 Å². The molecule has 2 N–H and O–H groups in total. The second kappa shape index (κ2) is 7.07. The number of pyridine rings is 1. The van der Waals surface area contributed by atoms with E-state index in [-0.39, 0.29) is 17.4 Å². The smallest absolute Gasteiger partial charge is 0.221 e. The maximum absolute atomic E-state index is 11.3. The van der Waals surface area contributed by atoms with Gasteiger partial charge in [0.1, 0.15) is 5.65 Å². The van der Waals surface area contributed by atoms with Gasteiger partial charge in [-0.3, -0.25) is 4.79 Å². The number of amides is 1. The van der Waals surface area contributed by atoms with Gasteiger partial charge in [0, 0.05) is 30.9 Å². The van der Waals surface area contributed by atoms with Gasteiger partial charge in [-0.1, -0.05) is 20.8 Å². The third kappa shape index (κ3) is 4.24. The van der Waals surface area contributed by atoms with E-state index >= 15 is 0 Å². The number of rotatable bonds is 7. The Balaban J connectivity index is 2.04. The van der Waals surface area contributed by atoms with Crippen LogP contribution in [0.25, 0.3) is 11.0 Å². The molecule has 5 nitrogen and oxygen atoms in total. The second-order valence-corrected chi connectivity index (χ2v) is 12.6. The zero-order valence-electron chi connectivity index (χ0n) is 15.4. The van der Waals surface area contributed by atoms with E-state index in [9.17, 15) is 4.79 Å². The van der Waals surface area contributed by atoms with Crippen molar-refractivity contribution in [1.29, 1.82) is 0 Å². The summed E-state index contributed by atoms with van der Waals surface area (Å²) in [5.74, 6) is -0.320. The molecule has 0 radical (unpaired) electrons. The number of hydrogen-bond donors (Lipinski definition) is 1. The average molecular weight is 348 g/mol. The number of hydrogen-bond acceptors (Lipinski definition) is 3. The summed E-state index contributed by atoms with van der Waals surface area (Å²) >= 11 is 0. The Bertz CT molecular complexity index is 717. The highest BCUT2D eigenvalue weighted by Gasteiger charge is 2.36. The number of nitrogens with zero attached hydrogens (tertiary/aromatic N) is 2. The second-order valence-electron chi connectivity index (χ2n) is 7.83. The average Bonchev–Trinajstić information content (AvgIpc) is 2.80. The number of aromatic nitrogens is 2. The number of fused-ring (bicyclic) bond motifs is 1. The summed E-state index contributed by atoms with van der Waals surface area (Å²) in [6.45, 7) is 12.8. The highest BCUT2D eigenvalue weighted by Crippen LogP contribution is 2.36. The molecule has 2 rings (SSSR count). The standard InChI is InChI=1S/C18H29N3O2Si/c1-18(2,3)24(4,5)23-11-7-10-21-13-14(12-16(19)22)15-8-6-9-20-17(15)21/h6,8-9,13H,7,10-12H2,1-5H3,(H2,19,22). The van der Waals surface area contributed by atoms with E-state index in [0.29, 0.717) is 0 Å². The first-order valence-corrected chi connectivity index (χ1v) is 11.4. The molecule has 0 unspecified atom stereocenters. The van der Waals surface area contributed by atoms with Gasteiger partial charge in [-0.15, -0.1) is 0 Å². The third-order valence-electron chi connectivity index (χ3n) is 4.89. The van der Waals surface area contributed by atoms with Crippen molar-refractivity contribution >= 4 is 25.3 Å². The van der Waals surface area contributed by atoms with E-state index in [1.807, 2.05) is 18.3 Å². The molecule has 0 saturated carbocycles. The van der Waals surface area contributed by atoms with Crippen molar-refractivity contribution in [2.75, 3.05) is 6.61 Å². The summed E-state index contributed by atoms with van der Waals surface area (Å²) in [7, 11) is -1.70. The monoisotopic (exact) mass is 347 g/mol. The molecule has 0 spiro atoms. The van der Waals surface area contributed by atoms with Crippen molar-refractivity contribution in [3.63, 3.8) is 0 Å². The Morgan fingerprint density at radius 3 is 2.71 bits per heavy atom. The maximum Gasteiger partial charge on any atom is 0.221 e. The van der Waals surface area contributed by atoms with Crippen LogP contribution in [0.5, 0.6) is 0 Å². The summed E-state index contributed by atoms with van der Waals surface area (Å²) < 4.78 is 8.33. The number of aryl methyl sites for hydroxylation is 1. The number of nitrogens with two attached hydrogens (primary N) is 1. The summed E-state index contributed by atoms with van der Waals surface area (Å²) in [6, 6.07) is 3.88. The van der Waals surface area contributed by atoms with Crippen LogP contribution in [-0.4, -0.2) is 30.4 Å². The molecular formula is C18H29N3O2Si. The lowest BCUT2D eigenvalue weighted by Crippen LogP contribution is -2.41. The van der Waals surface area contributed by atoms with Crippen molar-refractivity contribution in [3.05, 3.63) is 30.1 Å². The largest absolute Gasteiger partial charge is 0.417 e. The number of primary amides is 1. The van der Waals surface area contributed by atoms with Gasteiger partial charge in [0.15, 0.2) is 8.32 Å². The minimum absolute atomic E-state index is 0.226. The molecule has 2 aromatic heterocycles. The molecule has 24 heavy (non-hydrogen) atoms. The molecule has 0 saturated heterocycles. The molecular weight excluding hydrogens is 318 g/mol. The summed E-state index contributed by atoms with van der Waals surface area (Å²) in [5.41, 5.74) is 7.20. The van der Waals surface area contributed by atoms with Crippen molar-refractivity contribution in [1.82, 2.24) is 9.55 Å². The van der Waals surface area contributed by atoms with Gasteiger partial charge in [0.25, 0.3) is 0 Å².